The molecule has 3 aromatic carbocycles. The molecule has 162 valence electrons. The maximum atomic E-state index is 13.1. The Kier molecular flexibility index (Phi) is 5.63. The summed E-state index contributed by atoms with van der Waals surface area (Å²) in [5.41, 5.74) is 1.73. The number of nitrogens with zero attached hydrogens (tertiary/aromatic N) is 1. The number of fused-ring (bicyclic) bond motifs is 1. The van der Waals surface area contributed by atoms with Gasteiger partial charge in [0.25, 0.3) is 20.0 Å². The predicted molar refractivity (Wildman–Crippen MR) is 120 cm³/mol. The first-order valence-corrected chi connectivity index (χ1v) is 12.6. The van der Waals surface area contributed by atoms with Gasteiger partial charge in [-0.05, 0) is 73.0 Å². The first kappa shape index (κ1) is 21.2. The van der Waals surface area contributed by atoms with E-state index in [9.17, 15) is 16.8 Å². The number of sulfonamides is 2. The molecule has 0 bridgehead atoms. The minimum Gasteiger partial charge on any atom is -0.497 e. The van der Waals surface area contributed by atoms with E-state index in [0.29, 0.717) is 36.5 Å². The second-order valence-electron chi connectivity index (χ2n) is 7.12. The van der Waals surface area contributed by atoms with Gasteiger partial charge in [-0.3, -0.25) is 9.03 Å². The second kappa shape index (κ2) is 8.24. The summed E-state index contributed by atoms with van der Waals surface area (Å²) in [6.07, 6.45) is 1.31. The van der Waals surface area contributed by atoms with Crippen LogP contribution in [0.2, 0.25) is 0 Å². The van der Waals surface area contributed by atoms with Crippen molar-refractivity contribution in [2.45, 2.75) is 22.6 Å². The van der Waals surface area contributed by atoms with E-state index >= 15 is 0 Å². The highest BCUT2D eigenvalue weighted by Gasteiger charge is 2.29. The number of anilines is 2. The van der Waals surface area contributed by atoms with Gasteiger partial charge in [0.1, 0.15) is 5.75 Å². The largest absolute Gasteiger partial charge is 0.497 e. The Morgan fingerprint density at radius 3 is 2.26 bits per heavy atom. The number of nitrogens with one attached hydrogen (secondary N) is 1. The molecule has 0 aromatic heterocycles. The van der Waals surface area contributed by atoms with Crippen molar-refractivity contribution in [3.8, 4) is 5.75 Å². The number of benzene rings is 3. The molecule has 1 N–H and O–H groups in total. The Labute approximate surface area is 182 Å². The van der Waals surface area contributed by atoms with Crippen LogP contribution in [0, 0.1) is 0 Å². The van der Waals surface area contributed by atoms with E-state index in [2.05, 4.69) is 4.72 Å². The molecule has 1 aliphatic rings. The molecule has 3 aromatic rings. The molecule has 9 heteroatoms. The SMILES string of the molecule is COc1ccc(S(=O)(=O)Nc2ccc3c(c2)CCCN3S(=O)(=O)c2ccccc2)cc1. The Morgan fingerprint density at radius 2 is 1.58 bits per heavy atom. The summed E-state index contributed by atoms with van der Waals surface area (Å²) in [4.78, 5) is 0.339. The quantitative estimate of drug-likeness (QED) is 0.609. The van der Waals surface area contributed by atoms with Crippen LogP contribution in [-0.4, -0.2) is 30.5 Å². The number of methoxy groups -OCH3 is 1. The van der Waals surface area contributed by atoms with E-state index in [1.807, 2.05) is 0 Å². The third kappa shape index (κ3) is 4.24. The Balaban J connectivity index is 1.63. The van der Waals surface area contributed by atoms with Crippen LogP contribution in [0.25, 0.3) is 0 Å². The highest BCUT2D eigenvalue weighted by molar-refractivity contribution is 7.93. The van der Waals surface area contributed by atoms with E-state index in [1.54, 1.807) is 60.7 Å². The van der Waals surface area contributed by atoms with Crippen LogP contribution >= 0.6 is 0 Å². The van der Waals surface area contributed by atoms with Gasteiger partial charge < -0.3 is 4.74 Å². The number of aryl methyl sites for hydroxylation is 1. The van der Waals surface area contributed by atoms with Crippen molar-refractivity contribution in [1.82, 2.24) is 0 Å². The van der Waals surface area contributed by atoms with E-state index in [-0.39, 0.29) is 9.79 Å². The number of hydrogen-bond donors (Lipinski definition) is 1. The lowest BCUT2D eigenvalue weighted by Crippen LogP contribution is -2.35. The van der Waals surface area contributed by atoms with Gasteiger partial charge in [0.2, 0.25) is 0 Å². The first-order valence-electron chi connectivity index (χ1n) is 9.69. The molecule has 7 nitrogen and oxygen atoms in total. The van der Waals surface area contributed by atoms with Gasteiger partial charge in [0.15, 0.2) is 0 Å². The molecule has 1 heterocycles. The Bertz CT molecular complexity index is 1290. The average Bonchev–Trinajstić information content (AvgIpc) is 2.79. The summed E-state index contributed by atoms with van der Waals surface area (Å²) < 4.78 is 60.7. The van der Waals surface area contributed by atoms with E-state index < -0.39 is 20.0 Å². The molecular formula is C22H22N2O5S2. The topological polar surface area (TPSA) is 92.8 Å². The highest BCUT2D eigenvalue weighted by Crippen LogP contribution is 2.34. The monoisotopic (exact) mass is 458 g/mol. The Hall–Kier alpha value is -3.04. The standard InChI is InChI=1S/C22H22N2O5S2/c1-29-19-10-12-20(13-11-19)30(25,26)23-18-9-14-22-17(16-18)6-5-15-24(22)31(27,28)21-7-3-2-4-8-21/h2-4,7-14,16,23H,5-6,15H2,1H3. The zero-order chi connectivity index (χ0) is 22.1. The fourth-order valence-corrected chi connectivity index (χ4v) is 6.18. The van der Waals surface area contributed by atoms with Gasteiger partial charge in [-0.15, -0.1) is 0 Å². The molecule has 0 saturated carbocycles. The van der Waals surface area contributed by atoms with Crippen LogP contribution in [-0.2, 0) is 26.5 Å². The molecule has 0 spiro atoms. The highest BCUT2D eigenvalue weighted by atomic mass is 32.2. The van der Waals surface area contributed by atoms with E-state index in [0.717, 1.165) is 5.56 Å². The summed E-state index contributed by atoms with van der Waals surface area (Å²) in [6, 6.07) is 19.3. The molecule has 0 atom stereocenters. The molecule has 0 unspecified atom stereocenters. The van der Waals surface area contributed by atoms with Crippen LogP contribution in [0.3, 0.4) is 0 Å². The van der Waals surface area contributed by atoms with Gasteiger partial charge >= 0.3 is 0 Å². The average molecular weight is 459 g/mol. The number of rotatable bonds is 6. The normalized spacial score (nSPS) is 14.0. The third-order valence-corrected chi connectivity index (χ3v) is 8.33. The lowest BCUT2D eigenvalue weighted by Gasteiger charge is -2.31. The van der Waals surface area contributed by atoms with Crippen LogP contribution in [0.4, 0.5) is 11.4 Å². The van der Waals surface area contributed by atoms with Crippen molar-refractivity contribution < 1.29 is 21.6 Å². The number of ether oxygens (including phenoxy) is 1. The van der Waals surface area contributed by atoms with Crippen LogP contribution < -0.4 is 13.8 Å². The van der Waals surface area contributed by atoms with Crippen molar-refractivity contribution in [3.05, 3.63) is 78.4 Å². The molecule has 0 amide bonds. The fourth-order valence-electron chi connectivity index (χ4n) is 3.56. The zero-order valence-corrected chi connectivity index (χ0v) is 18.5. The smallest absolute Gasteiger partial charge is 0.264 e. The van der Waals surface area contributed by atoms with Gasteiger partial charge in [0.05, 0.1) is 22.6 Å². The summed E-state index contributed by atoms with van der Waals surface area (Å²) in [5, 5.41) is 0. The molecule has 0 fully saturated rings. The summed E-state index contributed by atoms with van der Waals surface area (Å²) >= 11 is 0. The van der Waals surface area contributed by atoms with Gasteiger partial charge in [-0.2, -0.15) is 0 Å². The van der Waals surface area contributed by atoms with Crippen LogP contribution in [0.1, 0.15) is 12.0 Å². The van der Waals surface area contributed by atoms with E-state index in [4.69, 9.17) is 4.74 Å². The van der Waals surface area contributed by atoms with Gasteiger partial charge in [-0.1, -0.05) is 18.2 Å². The maximum Gasteiger partial charge on any atom is 0.264 e. The lowest BCUT2D eigenvalue weighted by molar-refractivity contribution is 0.414. The van der Waals surface area contributed by atoms with Crippen molar-refractivity contribution in [2.24, 2.45) is 0 Å². The predicted octanol–water partition coefficient (Wildman–Crippen LogP) is 3.64. The molecule has 1 aliphatic heterocycles. The minimum atomic E-state index is -3.79. The maximum absolute atomic E-state index is 13.1. The Morgan fingerprint density at radius 1 is 0.871 bits per heavy atom. The fraction of sp³-hybridized carbons (Fsp3) is 0.182. The van der Waals surface area contributed by atoms with Crippen molar-refractivity contribution in [1.29, 1.82) is 0 Å². The summed E-state index contributed by atoms with van der Waals surface area (Å²) in [6.45, 7) is 0.376. The molecular weight excluding hydrogens is 436 g/mol. The lowest BCUT2D eigenvalue weighted by atomic mass is 10.0. The minimum absolute atomic E-state index is 0.110. The summed E-state index contributed by atoms with van der Waals surface area (Å²) in [7, 11) is -5.97. The zero-order valence-electron chi connectivity index (χ0n) is 16.9. The van der Waals surface area contributed by atoms with Crippen molar-refractivity contribution >= 4 is 31.4 Å². The van der Waals surface area contributed by atoms with Gasteiger partial charge in [0, 0.05) is 12.2 Å². The molecule has 0 radical (unpaired) electrons. The molecule has 0 saturated heterocycles. The third-order valence-electron chi connectivity index (χ3n) is 5.11. The molecule has 0 aliphatic carbocycles. The molecule has 4 rings (SSSR count). The molecule has 31 heavy (non-hydrogen) atoms. The number of hydrogen-bond acceptors (Lipinski definition) is 5. The van der Waals surface area contributed by atoms with E-state index in [1.165, 1.54) is 23.5 Å². The summed E-state index contributed by atoms with van der Waals surface area (Å²) in [5.74, 6) is 0.562. The van der Waals surface area contributed by atoms with Crippen LogP contribution in [0.5, 0.6) is 5.75 Å². The van der Waals surface area contributed by atoms with Crippen molar-refractivity contribution in [3.63, 3.8) is 0 Å². The van der Waals surface area contributed by atoms with Gasteiger partial charge in [-0.25, -0.2) is 16.8 Å². The van der Waals surface area contributed by atoms with Crippen molar-refractivity contribution in [2.75, 3.05) is 22.7 Å². The second-order valence-corrected chi connectivity index (χ2v) is 10.7. The first-order chi connectivity index (χ1) is 14.8. The van der Waals surface area contributed by atoms with Crippen LogP contribution in [0.15, 0.2) is 82.6 Å².